The Morgan fingerprint density at radius 1 is 1.32 bits per heavy atom. The maximum atomic E-state index is 11.8. The smallest absolute Gasteiger partial charge is 0.328 e. The van der Waals surface area contributed by atoms with Crippen LogP contribution in [0.1, 0.15) is 39.5 Å². The summed E-state index contributed by atoms with van der Waals surface area (Å²) in [4.78, 5) is 11.8. The number of likely N-dealkylation sites (N-methyl/N-ethyl adjacent to an activating group) is 1. The lowest BCUT2D eigenvalue weighted by Crippen LogP contribution is -2.54. The van der Waals surface area contributed by atoms with Gasteiger partial charge in [0, 0.05) is 7.11 Å². The minimum atomic E-state index is -0.774. The lowest BCUT2D eigenvalue weighted by Gasteiger charge is -2.32. The number of hydrogen-bond acceptors (Lipinski definition) is 5. The van der Waals surface area contributed by atoms with Gasteiger partial charge in [0.2, 0.25) is 0 Å². The largest absolute Gasteiger partial charge is 0.468 e. The van der Waals surface area contributed by atoms with Crippen LogP contribution in [0.3, 0.4) is 0 Å². The summed E-state index contributed by atoms with van der Waals surface area (Å²) in [5.41, 5.74) is -0.774. The van der Waals surface area contributed by atoms with Crippen LogP contribution < -0.4 is 5.32 Å². The number of carbonyl (C=O) groups is 1. The Labute approximate surface area is 116 Å². The molecule has 19 heavy (non-hydrogen) atoms. The number of esters is 1. The van der Waals surface area contributed by atoms with Gasteiger partial charge in [0.1, 0.15) is 5.54 Å². The molecule has 1 aliphatic rings. The van der Waals surface area contributed by atoms with Crippen molar-refractivity contribution in [2.45, 2.75) is 57.3 Å². The Morgan fingerprint density at radius 2 is 2.00 bits per heavy atom. The van der Waals surface area contributed by atoms with E-state index in [0.29, 0.717) is 13.2 Å². The number of nitrogens with one attached hydrogen (secondary N) is 1. The predicted octanol–water partition coefficient (Wildman–Crippen LogP) is 1.50. The molecule has 0 aromatic carbocycles. The fourth-order valence-corrected chi connectivity index (χ4v) is 2.55. The molecule has 5 heteroatoms. The van der Waals surface area contributed by atoms with Gasteiger partial charge in [-0.15, -0.1) is 0 Å². The van der Waals surface area contributed by atoms with Crippen molar-refractivity contribution in [1.29, 1.82) is 0 Å². The third-order valence-electron chi connectivity index (χ3n) is 3.72. The summed E-state index contributed by atoms with van der Waals surface area (Å²) < 4.78 is 16.1. The zero-order valence-corrected chi connectivity index (χ0v) is 12.5. The monoisotopic (exact) mass is 273 g/mol. The number of carbonyl (C=O) groups excluding carboxylic acids is 1. The van der Waals surface area contributed by atoms with Gasteiger partial charge in [-0.1, -0.05) is 6.92 Å². The van der Waals surface area contributed by atoms with E-state index in [4.69, 9.17) is 14.2 Å². The quantitative estimate of drug-likeness (QED) is 0.712. The second kappa shape index (κ2) is 7.82. The Hall–Kier alpha value is -0.650. The molecule has 1 rings (SSSR count). The highest BCUT2D eigenvalue weighted by Gasteiger charge is 2.35. The third kappa shape index (κ3) is 4.75. The summed E-state index contributed by atoms with van der Waals surface area (Å²) in [5, 5.41) is 3.14. The first-order valence-corrected chi connectivity index (χ1v) is 7.03. The van der Waals surface area contributed by atoms with Gasteiger partial charge < -0.3 is 19.5 Å². The van der Waals surface area contributed by atoms with Crippen LogP contribution in [-0.4, -0.2) is 51.1 Å². The maximum absolute atomic E-state index is 11.8. The Balaban J connectivity index is 2.49. The van der Waals surface area contributed by atoms with E-state index in [1.54, 1.807) is 7.11 Å². The summed E-state index contributed by atoms with van der Waals surface area (Å²) in [6, 6.07) is 0. The van der Waals surface area contributed by atoms with Gasteiger partial charge in [0.25, 0.3) is 0 Å². The topological polar surface area (TPSA) is 56.8 Å². The molecular formula is C14H27NO4. The van der Waals surface area contributed by atoms with Gasteiger partial charge in [-0.3, -0.25) is 0 Å². The van der Waals surface area contributed by atoms with E-state index in [1.165, 1.54) is 7.11 Å². The normalized spacial score (nSPS) is 26.7. The molecule has 5 nitrogen and oxygen atoms in total. The lowest BCUT2D eigenvalue weighted by molar-refractivity contribution is -0.152. The van der Waals surface area contributed by atoms with Crippen molar-refractivity contribution >= 4 is 5.97 Å². The van der Waals surface area contributed by atoms with Gasteiger partial charge in [-0.2, -0.15) is 0 Å². The fraction of sp³-hybridized carbons (Fsp3) is 0.929. The molecule has 0 aromatic rings. The van der Waals surface area contributed by atoms with E-state index < -0.39 is 5.54 Å². The van der Waals surface area contributed by atoms with Gasteiger partial charge in [0.05, 0.1) is 25.9 Å². The van der Waals surface area contributed by atoms with Crippen molar-refractivity contribution in [3.8, 4) is 0 Å². The number of rotatable bonds is 7. The minimum absolute atomic E-state index is 0.168. The second-order valence-corrected chi connectivity index (χ2v) is 5.31. The van der Waals surface area contributed by atoms with Gasteiger partial charge in [0.15, 0.2) is 0 Å². The Bertz CT molecular complexity index is 285. The summed E-state index contributed by atoms with van der Waals surface area (Å²) >= 11 is 0. The highest BCUT2D eigenvalue weighted by atomic mass is 16.5. The summed E-state index contributed by atoms with van der Waals surface area (Å²) in [5.74, 6) is -0.284. The van der Waals surface area contributed by atoms with Crippen LogP contribution in [0.25, 0.3) is 0 Å². The first-order valence-electron chi connectivity index (χ1n) is 7.03. The maximum Gasteiger partial charge on any atom is 0.328 e. The van der Waals surface area contributed by atoms with E-state index in [-0.39, 0.29) is 18.2 Å². The second-order valence-electron chi connectivity index (χ2n) is 5.31. The molecular weight excluding hydrogens is 246 g/mol. The van der Waals surface area contributed by atoms with E-state index >= 15 is 0 Å². The first kappa shape index (κ1) is 16.4. The predicted molar refractivity (Wildman–Crippen MR) is 73.1 cm³/mol. The molecule has 1 N–H and O–H groups in total. The van der Waals surface area contributed by atoms with Crippen molar-refractivity contribution in [3.05, 3.63) is 0 Å². The van der Waals surface area contributed by atoms with E-state index in [1.807, 2.05) is 13.8 Å². The van der Waals surface area contributed by atoms with Crippen molar-refractivity contribution in [2.24, 2.45) is 0 Å². The SMILES string of the molecule is CCNC(C)(COC1CCCC(OC)C1)C(=O)OC. The minimum Gasteiger partial charge on any atom is -0.468 e. The molecule has 3 atom stereocenters. The van der Waals surface area contributed by atoms with Crippen LogP contribution in [0.5, 0.6) is 0 Å². The third-order valence-corrected chi connectivity index (χ3v) is 3.72. The van der Waals surface area contributed by atoms with Gasteiger partial charge in [-0.25, -0.2) is 4.79 Å². The fourth-order valence-electron chi connectivity index (χ4n) is 2.55. The van der Waals surface area contributed by atoms with Crippen LogP contribution in [0.15, 0.2) is 0 Å². The highest BCUT2D eigenvalue weighted by Crippen LogP contribution is 2.24. The Kier molecular flexibility index (Phi) is 6.75. The van der Waals surface area contributed by atoms with E-state index in [0.717, 1.165) is 25.7 Å². The molecule has 0 heterocycles. The Morgan fingerprint density at radius 3 is 2.58 bits per heavy atom. The molecule has 1 aliphatic carbocycles. The molecule has 0 amide bonds. The van der Waals surface area contributed by atoms with Gasteiger partial charge >= 0.3 is 5.97 Å². The standard InChI is InChI=1S/C14H27NO4/c1-5-15-14(2,13(16)18-4)10-19-12-8-6-7-11(9-12)17-3/h11-12,15H,5-10H2,1-4H3. The van der Waals surface area contributed by atoms with Crippen LogP contribution in [0, 0.1) is 0 Å². The molecule has 3 unspecified atom stereocenters. The van der Waals surface area contributed by atoms with Gasteiger partial charge in [-0.05, 0) is 39.2 Å². The molecule has 1 saturated carbocycles. The van der Waals surface area contributed by atoms with Crippen molar-refractivity contribution in [3.63, 3.8) is 0 Å². The van der Waals surface area contributed by atoms with E-state index in [9.17, 15) is 4.79 Å². The zero-order chi connectivity index (χ0) is 14.3. The molecule has 0 spiro atoms. The summed E-state index contributed by atoms with van der Waals surface area (Å²) in [6.45, 7) is 4.80. The number of hydrogen-bond donors (Lipinski definition) is 1. The summed E-state index contributed by atoms with van der Waals surface area (Å²) in [6.07, 6.45) is 4.59. The van der Waals surface area contributed by atoms with Crippen LogP contribution in [-0.2, 0) is 19.0 Å². The average Bonchev–Trinajstić information content (AvgIpc) is 2.44. The molecule has 112 valence electrons. The highest BCUT2D eigenvalue weighted by molar-refractivity contribution is 5.80. The molecule has 0 bridgehead atoms. The van der Waals surface area contributed by atoms with Crippen molar-refractivity contribution in [2.75, 3.05) is 27.4 Å². The number of ether oxygens (including phenoxy) is 3. The van der Waals surface area contributed by atoms with Crippen LogP contribution in [0.2, 0.25) is 0 Å². The molecule has 0 radical (unpaired) electrons. The van der Waals surface area contributed by atoms with Crippen molar-refractivity contribution in [1.82, 2.24) is 5.32 Å². The van der Waals surface area contributed by atoms with E-state index in [2.05, 4.69) is 5.32 Å². The van der Waals surface area contributed by atoms with Crippen LogP contribution >= 0.6 is 0 Å². The molecule has 0 aliphatic heterocycles. The first-order chi connectivity index (χ1) is 9.05. The van der Waals surface area contributed by atoms with Crippen molar-refractivity contribution < 1.29 is 19.0 Å². The average molecular weight is 273 g/mol. The molecule has 0 aromatic heterocycles. The molecule has 0 saturated heterocycles. The number of methoxy groups -OCH3 is 2. The zero-order valence-electron chi connectivity index (χ0n) is 12.5. The summed E-state index contributed by atoms with van der Waals surface area (Å²) in [7, 11) is 3.14. The molecule has 1 fully saturated rings. The van der Waals surface area contributed by atoms with Crippen LogP contribution in [0.4, 0.5) is 0 Å². The lowest BCUT2D eigenvalue weighted by atomic mass is 9.94.